The van der Waals surface area contributed by atoms with E-state index in [0.29, 0.717) is 35.1 Å². The molecule has 0 aliphatic heterocycles. The van der Waals surface area contributed by atoms with Crippen LogP contribution in [0.15, 0.2) is 32.5 Å². The topological polar surface area (TPSA) is 118 Å². The van der Waals surface area contributed by atoms with Crippen molar-refractivity contribution in [3.05, 3.63) is 45.4 Å². The lowest BCUT2D eigenvalue weighted by molar-refractivity contribution is 0.300. The van der Waals surface area contributed by atoms with E-state index >= 15 is 0 Å². The fourth-order valence-corrected chi connectivity index (χ4v) is 5.59. The summed E-state index contributed by atoms with van der Waals surface area (Å²) >= 11 is 3.13. The Morgan fingerprint density at radius 3 is 2.74 bits per heavy atom. The monoisotopic (exact) mass is 516 g/mol. The number of unbranched alkanes of at least 4 members (excludes halogenated alkanes) is 1. The predicted octanol–water partition coefficient (Wildman–Crippen LogP) is 3.97. The summed E-state index contributed by atoms with van der Waals surface area (Å²) in [5.41, 5.74) is 1.76. The molecule has 1 heterocycles. The molecule has 0 amide bonds. The van der Waals surface area contributed by atoms with E-state index in [1.807, 2.05) is 0 Å². The van der Waals surface area contributed by atoms with Crippen molar-refractivity contribution in [1.82, 2.24) is 15.0 Å². The van der Waals surface area contributed by atoms with E-state index in [0.717, 1.165) is 31.2 Å². The molecule has 170 valence electrons. The third-order valence-electron chi connectivity index (χ3n) is 5.33. The smallest absolute Gasteiger partial charge is 0.211 e. The Hall–Kier alpha value is -1.85. The van der Waals surface area contributed by atoms with Gasteiger partial charge in [-0.15, -0.1) is 0 Å². The molecule has 31 heavy (non-hydrogen) atoms. The van der Waals surface area contributed by atoms with Gasteiger partial charge in [0, 0.05) is 12.5 Å². The number of aromatic nitrogens is 2. The maximum Gasteiger partial charge on any atom is 0.211 e. The van der Waals surface area contributed by atoms with Crippen LogP contribution in [-0.4, -0.2) is 41.4 Å². The molecule has 0 bridgehead atoms. The highest BCUT2D eigenvalue weighted by atomic mass is 79.9. The molecule has 2 aromatic rings. The van der Waals surface area contributed by atoms with Gasteiger partial charge in [0.2, 0.25) is 10.0 Å². The van der Waals surface area contributed by atoms with Gasteiger partial charge in [0.15, 0.2) is 5.69 Å². The Kier molecular flexibility index (Phi) is 8.56. The van der Waals surface area contributed by atoms with Crippen LogP contribution in [0.4, 0.5) is 4.39 Å². The van der Waals surface area contributed by atoms with E-state index in [-0.39, 0.29) is 29.7 Å². The minimum atomic E-state index is -3.31. The van der Waals surface area contributed by atoms with Gasteiger partial charge in [-0.25, -0.2) is 22.2 Å². The second-order valence-corrected chi connectivity index (χ2v) is 10.5. The van der Waals surface area contributed by atoms with E-state index in [1.165, 1.54) is 12.5 Å². The first-order chi connectivity index (χ1) is 14.9. The average Bonchev–Trinajstić information content (AvgIpc) is 3.21. The molecule has 1 aliphatic rings. The zero-order valence-electron chi connectivity index (χ0n) is 17.1. The van der Waals surface area contributed by atoms with Gasteiger partial charge in [0.1, 0.15) is 17.2 Å². The SMILES string of the molecule is O=S(=O)(CCCCc1nonc1/C(Cc1ccc(F)c(Br)c1)=N/O)NC1CCCCC1. The van der Waals surface area contributed by atoms with E-state index in [2.05, 4.69) is 36.1 Å². The minimum Gasteiger partial charge on any atom is -0.411 e. The highest BCUT2D eigenvalue weighted by Gasteiger charge is 2.21. The average molecular weight is 517 g/mol. The largest absolute Gasteiger partial charge is 0.411 e. The lowest BCUT2D eigenvalue weighted by Gasteiger charge is -2.22. The molecule has 2 N–H and O–H groups in total. The summed E-state index contributed by atoms with van der Waals surface area (Å²) in [6.45, 7) is 0. The molecule has 1 fully saturated rings. The van der Waals surface area contributed by atoms with Crippen LogP contribution < -0.4 is 4.72 Å². The standard InChI is InChI=1S/C20H26BrFN4O4S/c21-16-12-14(9-10-17(16)22)13-19(23-27)20-18(24-30-25-20)8-4-5-11-31(28,29)26-15-6-2-1-3-7-15/h9-10,12,15,26-27H,1-8,11,13H2/b23-19+. The summed E-state index contributed by atoms with van der Waals surface area (Å²) in [5.74, 6) is -0.336. The normalized spacial score (nSPS) is 16.0. The summed E-state index contributed by atoms with van der Waals surface area (Å²) in [6.07, 6.45) is 6.78. The number of nitrogens with one attached hydrogen (secondary N) is 1. The zero-order chi connectivity index (χ0) is 22.3. The van der Waals surface area contributed by atoms with E-state index in [9.17, 15) is 18.0 Å². The van der Waals surface area contributed by atoms with Crippen molar-refractivity contribution >= 4 is 31.7 Å². The van der Waals surface area contributed by atoms with E-state index in [4.69, 9.17) is 4.63 Å². The summed E-state index contributed by atoms with van der Waals surface area (Å²) in [7, 11) is -3.31. The number of nitrogens with zero attached hydrogens (tertiary/aromatic N) is 3. The Balaban J connectivity index is 1.53. The van der Waals surface area contributed by atoms with Crippen molar-refractivity contribution in [2.75, 3.05) is 5.75 Å². The predicted molar refractivity (Wildman–Crippen MR) is 117 cm³/mol. The first-order valence-electron chi connectivity index (χ1n) is 10.3. The third-order valence-corrected chi connectivity index (χ3v) is 7.46. The van der Waals surface area contributed by atoms with Gasteiger partial charge in [-0.1, -0.05) is 35.6 Å². The Bertz CT molecular complexity index is 1010. The van der Waals surface area contributed by atoms with Crippen molar-refractivity contribution in [2.24, 2.45) is 5.16 Å². The molecule has 1 saturated carbocycles. The Labute approximate surface area is 189 Å². The molecule has 0 atom stereocenters. The Morgan fingerprint density at radius 1 is 1.26 bits per heavy atom. The Morgan fingerprint density at radius 2 is 2.03 bits per heavy atom. The highest BCUT2D eigenvalue weighted by molar-refractivity contribution is 9.10. The van der Waals surface area contributed by atoms with Crippen LogP contribution in [0.2, 0.25) is 0 Å². The molecular formula is C20H26BrFN4O4S. The van der Waals surface area contributed by atoms with Crippen LogP contribution in [0.1, 0.15) is 61.9 Å². The molecule has 0 radical (unpaired) electrons. The molecular weight excluding hydrogens is 491 g/mol. The van der Waals surface area contributed by atoms with Gasteiger partial charge in [0.05, 0.1) is 10.2 Å². The molecule has 0 spiro atoms. The van der Waals surface area contributed by atoms with Crippen LogP contribution in [0.5, 0.6) is 0 Å². The molecule has 8 nitrogen and oxygen atoms in total. The van der Waals surface area contributed by atoms with E-state index in [1.54, 1.807) is 12.1 Å². The van der Waals surface area contributed by atoms with Crippen molar-refractivity contribution in [2.45, 2.75) is 63.8 Å². The van der Waals surface area contributed by atoms with E-state index < -0.39 is 10.0 Å². The lowest BCUT2D eigenvalue weighted by Crippen LogP contribution is -2.37. The van der Waals surface area contributed by atoms with Crippen LogP contribution >= 0.6 is 15.9 Å². The van der Waals surface area contributed by atoms with Crippen LogP contribution in [0.3, 0.4) is 0 Å². The lowest BCUT2D eigenvalue weighted by atomic mass is 9.96. The van der Waals surface area contributed by atoms with Crippen molar-refractivity contribution in [3.63, 3.8) is 0 Å². The summed E-state index contributed by atoms with van der Waals surface area (Å²) in [6, 6.07) is 4.55. The first kappa shape index (κ1) is 23.8. The summed E-state index contributed by atoms with van der Waals surface area (Å²) in [4.78, 5) is 0. The molecule has 0 saturated heterocycles. The number of benzene rings is 1. The molecule has 3 rings (SSSR count). The van der Waals surface area contributed by atoms with Gasteiger partial charge >= 0.3 is 0 Å². The van der Waals surface area contributed by atoms with Gasteiger partial charge in [-0.05, 0) is 70.9 Å². The highest BCUT2D eigenvalue weighted by Crippen LogP contribution is 2.20. The maximum absolute atomic E-state index is 13.4. The summed E-state index contributed by atoms with van der Waals surface area (Å²) in [5, 5.41) is 20.5. The zero-order valence-corrected chi connectivity index (χ0v) is 19.5. The van der Waals surface area contributed by atoms with Crippen molar-refractivity contribution in [1.29, 1.82) is 0 Å². The van der Waals surface area contributed by atoms with Crippen LogP contribution in [0.25, 0.3) is 0 Å². The molecule has 1 aromatic carbocycles. The number of sulfonamides is 1. The van der Waals surface area contributed by atoms with Gasteiger partial charge in [0.25, 0.3) is 0 Å². The fraction of sp³-hybridized carbons (Fsp3) is 0.550. The molecule has 0 unspecified atom stereocenters. The minimum absolute atomic E-state index is 0.0503. The van der Waals surface area contributed by atoms with Crippen LogP contribution in [-0.2, 0) is 22.9 Å². The molecule has 1 aliphatic carbocycles. The third kappa shape index (κ3) is 7.08. The summed E-state index contributed by atoms with van der Waals surface area (Å²) < 4.78 is 46.0. The molecule has 11 heteroatoms. The number of aryl methyl sites for hydroxylation is 1. The number of rotatable bonds is 10. The van der Waals surface area contributed by atoms with Gasteiger partial charge in [-0.3, -0.25) is 0 Å². The van der Waals surface area contributed by atoms with Crippen molar-refractivity contribution in [3.8, 4) is 0 Å². The second-order valence-electron chi connectivity index (χ2n) is 7.76. The van der Waals surface area contributed by atoms with Crippen molar-refractivity contribution < 1.29 is 22.6 Å². The van der Waals surface area contributed by atoms with Gasteiger partial charge < -0.3 is 5.21 Å². The first-order valence-corrected chi connectivity index (χ1v) is 12.8. The number of halogens is 2. The second kappa shape index (κ2) is 11.1. The number of hydrogen-bond donors (Lipinski definition) is 2. The quantitative estimate of drug-likeness (QED) is 0.213. The molecule has 1 aromatic heterocycles. The van der Waals surface area contributed by atoms with Gasteiger partial charge in [-0.2, -0.15) is 0 Å². The number of oxime groups is 1. The number of hydrogen-bond acceptors (Lipinski definition) is 7. The maximum atomic E-state index is 13.4. The van der Waals surface area contributed by atoms with Crippen LogP contribution in [0, 0.1) is 5.82 Å². The fourth-order valence-electron chi connectivity index (χ4n) is 3.72.